The van der Waals surface area contributed by atoms with E-state index in [1.54, 1.807) is 23.5 Å². The summed E-state index contributed by atoms with van der Waals surface area (Å²) >= 11 is 1.76. The van der Waals surface area contributed by atoms with E-state index in [4.69, 9.17) is 0 Å². The molecule has 0 unspecified atom stereocenters. The molecule has 20 heavy (non-hydrogen) atoms. The molecule has 3 heteroatoms. The second-order valence-corrected chi connectivity index (χ2v) is 5.83. The Morgan fingerprint density at radius 3 is 2.85 bits per heavy atom. The van der Waals surface area contributed by atoms with Crippen LogP contribution in [0, 0.1) is 5.82 Å². The van der Waals surface area contributed by atoms with Gasteiger partial charge in [-0.3, -0.25) is 0 Å². The molecule has 1 N–H and O–H groups in total. The maximum Gasteiger partial charge on any atom is 0.123 e. The van der Waals surface area contributed by atoms with Gasteiger partial charge in [0.2, 0.25) is 0 Å². The summed E-state index contributed by atoms with van der Waals surface area (Å²) in [5, 5.41) is 6.95. The van der Waals surface area contributed by atoms with Crippen LogP contribution < -0.4 is 5.32 Å². The summed E-state index contributed by atoms with van der Waals surface area (Å²) in [5.41, 5.74) is 2.28. The molecule has 1 aromatic heterocycles. The van der Waals surface area contributed by atoms with Crippen molar-refractivity contribution >= 4 is 21.4 Å². The highest BCUT2D eigenvalue weighted by Gasteiger charge is 2.08. The van der Waals surface area contributed by atoms with Crippen molar-refractivity contribution in [1.29, 1.82) is 0 Å². The number of hydrogen-bond donors (Lipinski definition) is 1. The van der Waals surface area contributed by atoms with E-state index in [1.807, 2.05) is 6.07 Å². The molecule has 0 spiro atoms. The van der Waals surface area contributed by atoms with E-state index in [2.05, 4.69) is 41.9 Å². The van der Waals surface area contributed by atoms with Crippen molar-refractivity contribution in [2.75, 3.05) is 0 Å². The molecule has 102 valence electrons. The van der Waals surface area contributed by atoms with Gasteiger partial charge in [-0.15, -0.1) is 11.3 Å². The lowest BCUT2D eigenvalue weighted by molar-refractivity contribution is 0.567. The molecule has 1 heterocycles. The summed E-state index contributed by atoms with van der Waals surface area (Å²) in [5.74, 6) is -0.183. The van der Waals surface area contributed by atoms with E-state index in [1.165, 1.54) is 21.7 Å². The highest BCUT2D eigenvalue weighted by molar-refractivity contribution is 7.17. The van der Waals surface area contributed by atoms with Crippen molar-refractivity contribution in [3.05, 3.63) is 70.9 Å². The summed E-state index contributed by atoms with van der Waals surface area (Å²) in [6.07, 6.45) is 0. The number of hydrogen-bond acceptors (Lipinski definition) is 2. The lowest BCUT2D eigenvalue weighted by atomic mass is 10.1. The predicted molar refractivity (Wildman–Crippen MR) is 83.5 cm³/mol. The number of rotatable bonds is 4. The summed E-state index contributed by atoms with van der Waals surface area (Å²) in [7, 11) is 0. The molecule has 0 bridgehead atoms. The van der Waals surface area contributed by atoms with Crippen LogP contribution in [-0.2, 0) is 6.54 Å². The van der Waals surface area contributed by atoms with Crippen LogP contribution in [0.2, 0.25) is 0 Å². The summed E-state index contributed by atoms with van der Waals surface area (Å²) in [6.45, 7) is 2.85. The average Bonchev–Trinajstić information content (AvgIpc) is 2.88. The first kappa shape index (κ1) is 13.3. The van der Waals surface area contributed by atoms with Crippen LogP contribution >= 0.6 is 11.3 Å². The van der Waals surface area contributed by atoms with Crippen molar-refractivity contribution in [2.24, 2.45) is 0 Å². The first-order chi connectivity index (χ1) is 9.74. The SMILES string of the molecule is C[C@H](NCc1csc2ccccc12)c1cccc(F)c1. The second kappa shape index (κ2) is 5.73. The van der Waals surface area contributed by atoms with Crippen LogP contribution in [-0.4, -0.2) is 0 Å². The monoisotopic (exact) mass is 285 g/mol. The molecule has 3 aromatic rings. The van der Waals surface area contributed by atoms with Crippen molar-refractivity contribution in [1.82, 2.24) is 5.32 Å². The second-order valence-electron chi connectivity index (χ2n) is 4.91. The highest BCUT2D eigenvalue weighted by atomic mass is 32.1. The van der Waals surface area contributed by atoms with Crippen LogP contribution in [0.25, 0.3) is 10.1 Å². The van der Waals surface area contributed by atoms with Gasteiger partial charge in [0.05, 0.1) is 0 Å². The third kappa shape index (κ3) is 2.74. The number of halogens is 1. The number of benzene rings is 2. The van der Waals surface area contributed by atoms with Crippen LogP contribution in [0.5, 0.6) is 0 Å². The largest absolute Gasteiger partial charge is 0.306 e. The van der Waals surface area contributed by atoms with E-state index in [0.717, 1.165) is 12.1 Å². The fourth-order valence-electron chi connectivity index (χ4n) is 2.33. The van der Waals surface area contributed by atoms with Gasteiger partial charge in [0.15, 0.2) is 0 Å². The standard InChI is InChI=1S/C17H16FNS/c1-12(13-5-4-6-15(18)9-13)19-10-14-11-20-17-8-3-2-7-16(14)17/h2-9,11-12,19H,10H2,1H3/t12-/m0/s1. The molecule has 0 fully saturated rings. The van der Waals surface area contributed by atoms with Gasteiger partial charge in [0.25, 0.3) is 0 Å². The molecule has 0 saturated carbocycles. The van der Waals surface area contributed by atoms with Crippen molar-refractivity contribution in [3.63, 3.8) is 0 Å². The summed E-state index contributed by atoms with van der Waals surface area (Å²) in [6, 6.07) is 15.3. The van der Waals surface area contributed by atoms with Crippen LogP contribution in [0.3, 0.4) is 0 Å². The molecule has 0 aliphatic heterocycles. The van der Waals surface area contributed by atoms with Gasteiger partial charge in [0.1, 0.15) is 5.82 Å². The Morgan fingerprint density at radius 1 is 1.15 bits per heavy atom. The van der Waals surface area contributed by atoms with Crippen molar-refractivity contribution in [2.45, 2.75) is 19.5 Å². The lowest BCUT2D eigenvalue weighted by Crippen LogP contribution is -2.17. The van der Waals surface area contributed by atoms with Crippen LogP contribution in [0.15, 0.2) is 53.9 Å². The van der Waals surface area contributed by atoms with E-state index in [0.29, 0.717) is 0 Å². The Morgan fingerprint density at radius 2 is 2.00 bits per heavy atom. The topological polar surface area (TPSA) is 12.0 Å². The van der Waals surface area contributed by atoms with Gasteiger partial charge in [-0.05, 0) is 47.0 Å². The van der Waals surface area contributed by atoms with Crippen molar-refractivity contribution in [3.8, 4) is 0 Å². The summed E-state index contributed by atoms with van der Waals surface area (Å²) in [4.78, 5) is 0. The average molecular weight is 285 g/mol. The zero-order valence-corrected chi connectivity index (χ0v) is 12.1. The highest BCUT2D eigenvalue weighted by Crippen LogP contribution is 2.26. The zero-order valence-electron chi connectivity index (χ0n) is 11.3. The Hall–Kier alpha value is -1.71. The van der Waals surface area contributed by atoms with E-state index in [-0.39, 0.29) is 11.9 Å². The maximum absolute atomic E-state index is 13.2. The third-order valence-corrected chi connectivity index (χ3v) is 4.52. The molecule has 0 aliphatic rings. The van der Waals surface area contributed by atoms with Gasteiger partial charge in [0, 0.05) is 17.3 Å². The molecule has 0 saturated heterocycles. The normalized spacial score (nSPS) is 12.7. The quantitative estimate of drug-likeness (QED) is 0.719. The predicted octanol–water partition coefficient (Wildman–Crippen LogP) is 4.89. The molecule has 0 amide bonds. The smallest absolute Gasteiger partial charge is 0.123 e. The number of nitrogens with one attached hydrogen (secondary N) is 1. The van der Waals surface area contributed by atoms with Gasteiger partial charge in [-0.1, -0.05) is 30.3 Å². The molecule has 1 nitrogen and oxygen atoms in total. The number of thiophene rings is 1. The van der Waals surface area contributed by atoms with Gasteiger partial charge >= 0.3 is 0 Å². The van der Waals surface area contributed by atoms with E-state index < -0.39 is 0 Å². The Kier molecular flexibility index (Phi) is 3.81. The maximum atomic E-state index is 13.2. The minimum atomic E-state index is -0.183. The summed E-state index contributed by atoms with van der Waals surface area (Å²) < 4.78 is 14.5. The fourth-order valence-corrected chi connectivity index (χ4v) is 3.29. The molecule has 2 aromatic carbocycles. The zero-order chi connectivity index (χ0) is 13.9. The van der Waals surface area contributed by atoms with Crippen LogP contribution in [0.1, 0.15) is 24.1 Å². The van der Waals surface area contributed by atoms with Crippen LogP contribution in [0.4, 0.5) is 4.39 Å². The first-order valence-electron chi connectivity index (χ1n) is 6.68. The Bertz CT molecular complexity index is 720. The molecular weight excluding hydrogens is 269 g/mol. The van der Waals surface area contributed by atoms with Gasteiger partial charge < -0.3 is 5.32 Å². The van der Waals surface area contributed by atoms with E-state index >= 15 is 0 Å². The minimum Gasteiger partial charge on any atom is -0.306 e. The molecule has 3 rings (SSSR count). The van der Waals surface area contributed by atoms with E-state index in [9.17, 15) is 4.39 Å². The lowest BCUT2D eigenvalue weighted by Gasteiger charge is -2.14. The fraction of sp³-hybridized carbons (Fsp3) is 0.176. The van der Waals surface area contributed by atoms with Gasteiger partial charge in [-0.25, -0.2) is 4.39 Å². The third-order valence-electron chi connectivity index (χ3n) is 3.51. The van der Waals surface area contributed by atoms with Crippen molar-refractivity contribution < 1.29 is 4.39 Å². The number of fused-ring (bicyclic) bond motifs is 1. The molecule has 0 aliphatic carbocycles. The molecule has 1 atom stereocenters. The minimum absolute atomic E-state index is 0.129. The van der Waals surface area contributed by atoms with Gasteiger partial charge in [-0.2, -0.15) is 0 Å². The molecular formula is C17H16FNS. The first-order valence-corrected chi connectivity index (χ1v) is 7.56. The Labute approximate surface area is 122 Å². The molecule has 0 radical (unpaired) electrons. The Balaban J connectivity index is 1.73.